The summed E-state index contributed by atoms with van der Waals surface area (Å²) in [5, 5.41) is 4.33. The van der Waals surface area contributed by atoms with Gasteiger partial charge in [-0.2, -0.15) is 5.10 Å². The Morgan fingerprint density at radius 3 is 2.97 bits per heavy atom. The van der Waals surface area contributed by atoms with E-state index in [-0.39, 0.29) is 0 Å². The molecule has 6 heteroatoms. The minimum Gasteiger partial charge on any atom is -0.339 e. The number of piperazine rings is 1. The van der Waals surface area contributed by atoms with E-state index in [1.54, 1.807) is 6.20 Å². The van der Waals surface area contributed by atoms with E-state index >= 15 is 0 Å². The van der Waals surface area contributed by atoms with Gasteiger partial charge in [-0.15, -0.1) is 0 Å². The van der Waals surface area contributed by atoms with E-state index in [0.29, 0.717) is 24.5 Å². The molecule has 6 nitrogen and oxygen atoms in total. The number of benzene rings is 1. The molecule has 0 spiro atoms. The SMILES string of the molecule is CC1CCC[C@H]2CN(C(=O)CN3CCc4cc(-n5cccn5)ccc4C3)CCN12. The lowest BCUT2D eigenvalue weighted by molar-refractivity contribution is -0.137. The molecule has 0 saturated carbocycles. The third-order valence-electron chi connectivity index (χ3n) is 7.02. The molecule has 3 aliphatic rings. The first-order chi connectivity index (χ1) is 14.2. The fourth-order valence-electron chi connectivity index (χ4n) is 5.34. The number of carbonyl (C=O) groups is 1. The Kier molecular flexibility index (Phi) is 5.14. The first kappa shape index (κ1) is 18.8. The van der Waals surface area contributed by atoms with Gasteiger partial charge in [0.2, 0.25) is 5.91 Å². The third kappa shape index (κ3) is 3.83. The number of hydrogen-bond acceptors (Lipinski definition) is 4. The highest BCUT2D eigenvalue weighted by molar-refractivity contribution is 5.78. The van der Waals surface area contributed by atoms with Crippen LogP contribution >= 0.6 is 0 Å². The maximum atomic E-state index is 13.0. The molecular formula is C23H31N5O. The summed E-state index contributed by atoms with van der Waals surface area (Å²) in [5.74, 6) is 0.305. The van der Waals surface area contributed by atoms with E-state index < -0.39 is 0 Å². The number of hydrogen-bond donors (Lipinski definition) is 0. The molecule has 4 heterocycles. The smallest absolute Gasteiger partial charge is 0.236 e. The average molecular weight is 394 g/mol. The van der Waals surface area contributed by atoms with Gasteiger partial charge in [-0.05, 0) is 55.5 Å². The van der Waals surface area contributed by atoms with Gasteiger partial charge in [-0.25, -0.2) is 4.68 Å². The highest BCUT2D eigenvalue weighted by atomic mass is 16.2. The summed E-state index contributed by atoms with van der Waals surface area (Å²) >= 11 is 0. The fourth-order valence-corrected chi connectivity index (χ4v) is 5.34. The normalized spacial score (nSPS) is 25.5. The minimum absolute atomic E-state index is 0.305. The van der Waals surface area contributed by atoms with Gasteiger partial charge in [0.1, 0.15) is 0 Å². The molecule has 0 N–H and O–H groups in total. The van der Waals surface area contributed by atoms with Crippen molar-refractivity contribution in [2.45, 2.75) is 51.2 Å². The molecule has 29 heavy (non-hydrogen) atoms. The standard InChI is InChI=1S/C23H31N5O/c1-18-4-2-5-22-16-26(12-13-27(18)22)23(29)17-25-11-8-19-14-21(7-6-20(19)15-25)28-10-3-9-24-28/h3,6-7,9-10,14,18,22H,2,4-5,8,11-13,15-17H2,1H3/t18?,22-/m0/s1. The van der Waals surface area contributed by atoms with Crippen molar-refractivity contribution in [3.05, 3.63) is 47.8 Å². The quantitative estimate of drug-likeness (QED) is 0.803. The molecule has 1 unspecified atom stereocenters. The van der Waals surface area contributed by atoms with Crippen molar-refractivity contribution in [1.29, 1.82) is 0 Å². The lowest BCUT2D eigenvalue weighted by atomic mass is 9.94. The monoisotopic (exact) mass is 393 g/mol. The van der Waals surface area contributed by atoms with Crippen LogP contribution in [-0.2, 0) is 17.8 Å². The van der Waals surface area contributed by atoms with Crippen LogP contribution in [0.25, 0.3) is 5.69 Å². The molecule has 2 aromatic rings. The molecule has 5 rings (SSSR count). The molecule has 0 radical (unpaired) electrons. The van der Waals surface area contributed by atoms with Crippen molar-refractivity contribution in [2.24, 2.45) is 0 Å². The highest BCUT2D eigenvalue weighted by Gasteiger charge is 2.34. The predicted molar refractivity (Wildman–Crippen MR) is 113 cm³/mol. The Balaban J connectivity index is 1.20. The van der Waals surface area contributed by atoms with Gasteiger partial charge in [-0.3, -0.25) is 14.6 Å². The summed E-state index contributed by atoms with van der Waals surface area (Å²) in [6.07, 6.45) is 8.62. The molecular weight excluding hydrogens is 362 g/mol. The summed E-state index contributed by atoms with van der Waals surface area (Å²) < 4.78 is 1.90. The van der Waals surface area contributed by atoms with Crippen LogP contribution in [0.2, 0.25) is 0 Å². The Labute approximate surface area is 173 Å². The van der Waals surface area contributed by atoms with Crippen LogP contribution in [0.15, 0.2) is 36.7 Å². The largest absolute Gasteiger partial charge is 0.339 e. The van der Waals surface area contributed by atoms with E-state index in [2.05, 4.69) is 44.9 Å². The van der Waals surface area contributed by atoms with Crippen LogP contribution in [0, 0.1) is 0 Å². The summed E-state index contributed by atoms with van der Waals surface area (Å²) in [7, 11) is 0. The van der Waals surface area contributed by atoms with Crippen LogP contribution < -0.4 is 0 Å². The van der Waals surface area contributed by atoms with Crippen LogP contribution in [-0.4, -0.2) is 75.2 Å². The highest BCUT2D eigenvalue weighted by Crippen LogP contribution is 2.26. The molecule has 154 valence electrons. The van der Waals surface area contributed by atoms with Crippen molar-refractivity contribution in [3.8, 4) is 5.69 Å². The lowest BCUT2D eigenvalue weighted by Crippen LogP contribution is -2.59. The van der Waals surface area contributed by atoms with E-state index in [9.17, 15) is 4.79 Å². The number of fused-ring (bicyclic) bond motifs is 2. The fraction of sp³-hybridized carbons (Fsp3) is 0.565. The topological polar surface area (TPSA) is 44.6 Å². The summed E-state index contributed by atoms with van der Waals surface area (Å²) in [5.41, 5.74) is 3.83. The Hall–Kier alpha value is -2.18. The van der Waals surface area contributed by atoms with Crippen LogP contribution in [0.3, 0.4) is 0 Å². The first-order valence-electron chi connectivity index (χ1n) is 11.0. The van der Waals surface area contributed by atoms with Crippen molar-refractivity contribution in [3.63, 3.8) is 0 Å². The van der Waals surface area contributed by atoms with Gasteiger partial charge in [0.25, 0.3) is 0 Å². The van der Waals surface area contributed by atoms with Crippen molar-refractivity contribution in [1.82, 2.24) is 24.5 Å². The van der Waals surface area contributed by atoms with Crippen molar-refractivity contribution in [2.75, 3.05) is 32.7 Å². The van der Waals surface area contributed by atoms with Crippen molar-refractivity contribution < 1.29 is 4.79 Å². The molecule has 0 bridgehead atoms. The van der Waals surface area contributed by atoms with E-state index in [1.807, 2.05) is 16.9 Å². The minimum atomic E-state index is 0.305. The first-order valence-corrected chi connectivity index (χ1v) is 11.0. The van der Waals surface area contributed by atoms with E-state index in [1.165, 1.54) is 30.4 Å². The third-order valence-corrected chi connectivity index (χ3v) is 7.02. The Bertz CT molecular complexity index is 864. The number of rotatable bonds is 3. The number of piperidine rings is 1. The maximum absolute atomic E-state index is 13.0. The zero-order chi connectivity index (χ0) is 19.8. The summed E-state index contributed by atoms with van der Waals surface area (Å²) in [6.45, 7) is 7.53. The second kappa shape index (κ2) is 7.92. The molecule has 2 atom stereocenters. The van der Waals surface area contributed by atoms with Gasteiger partial charge < -0.3 is 4.90 Å². The van der Waals surface area contributed by atoms with Crippen molar-refractivity contribution >= 4 is 5.91 Å². The number of aromatic nitrogens is 2. The van der Waals surface area contributed by atoms with Crippen LogP contribution in [0.1, 0.15) is 37.3 Å². The van der Waals surface area contributed by atoms with Gasteiger partial charge >= 0.3 is 0 Å². The van der Waals surface area contributed by atoms with Gasteiger partial charge in [0, 0.05) is 57.2 Å². The zero-order valence-electron chi connectivity index (χ0n) is 17.3. The molecule has 2 saturated heterocycles. The average Bonchev–Trinajstić information content (AvgIpc) is 3.28. The van der Waals surface area contributed by atoms with E-state index in [0.717, 1.165) is 44.8 Å². The molecule has 1 amide bonds. The summed E-state index contributed by atoms with van der Waals surface area (Å²) in [6, 6.07) is 9.76. The van der Waals surface area contributed by atoms with Crippen LogP contribution in [0.5, 0.6) is 0 Å². The second-order valence-electron chi connectivity index (χ2n) is 8.88. The molecule has 1 aromatic heterocycles. The summed E-state index contributed by atoms with van der Waals surface area (Å²) in [4.78, 5) is 20.1. The van der Waals surface area contributed by atoms with Gasteiger partial charge in [0.15, 0.2) is 0 Å². The molecule has 2 fully saturated rings. The van der Waals surface area contributed by atoms with Gasteiger partial charge in [0.05, 0.1) is 12.2 Å². The second-order valence-corrected chi connectivity index (χ2v) is 8.88. The number of carbonyl (C=O) groups excluding carboxylic acids is 1. The van der Waals surface area contributed by atoms with Crippen LogP contribution in [0.4, 0.5) is 0 Å². The number of amides is 1. The molecule has 1 aromatic carbocycles. The maximum Gasteiger partial charge on any atom is 0.236 e. The zero-order valence-corrected chi connectivity index (χ0v) is 17.3. The van der Waals surface area contributed by atoms with E-state index in [4.69, 9.17) is 0 Å². The predicted octanol–water partition coefficient (Wildman–Crippen LogP) is 2.32. The Morgan fingerprint density at radius 2 is 2.10 bits per heavy atom. The number of nitrogens with zero attached hydrogens (tertiary/aromatic N) is 5. The molecule has 3 aliphatic heterocycles. The van der Waals surface area contributed by atoms with Gasteiger partial charge in [-0.1, -0.05) is 12.5 Å². The molecule has 0 aliphatic carbocycles. The lowest BCUT2D eigenvalue weighted by Gasteiger charge is -2.47. The Morgan fingerprint density at radius 1 is 1.17 bits per heavy atom.